The van der Waals surface area contributed by atoms with Crippen LogP contribution in [-0.2, 0) is 12.7 Å². The molecule has 2 amide bonds. The van der Waals surface area contributed by atoms with Crippen LogP contribution in [0.15, 0.2) is 48.5 Å². The van der Waals surface area contributed by atoms with E-state index in [-0.39, 0.29) is 5.69 Å². The normalized spacial score (nSPS) is 11.0. The average Bonchev–Trinajstić information content (AvgIpc) is 2.55. The first-order valence-electron chi connectivity index (χ1n) is 7.12. The molecule has 24 heavy (non-hydrogen) atoms. The summed E-state index contributed by atoms with van der Waals surface area (Å²) in [6, 6.07) is 11.2. The number of halogens is 3. The first kappa shape index (κ1) is 17.7. The van der Waals surface area contributed by atoms with Crippen LogP contribution in [0.2, 0.25) is 0 Å². The summed E-state index contributed by atoms with van der Waals surface area (Å²) < 4.78 is 43.1. The van der Waals surface area contributed by atoms with Gasteiger partial charge in [0, 0.05) is 19.3 Å². The van der Waals surface area contributed by atoms with Gasteiger partial charge in [-0.1, -0.05) is 18.2 Å². The number of hydrogen-bond acceptors (Lipinski definition) is 2. The van der Waals surface area contributed by atoms with E-state index in [4.69, 9.17) is 4.74 Å². The topological polar surface area (TPSA) is 41.6 Å². The number of anilines is 1. The summed E-state index contributed by atoms with van der Waals surface area (Å²) in [6.45, 7) is 0.314. The molecule has 4 nitrogen and oxygen atoms in total. The van der Waals surface area contributed by atoms with Crippen LogP contribution in [0.5, 0.6) is 5.75 Å². The van der Waals surface area contributed by atoms with Crippen LogP contribution >= 0.6 is 0 Å². The number of amides is 2. The van der Waals surface area contributed by atoms with E-state index in [9.17, 15) is 18.0 Å². The number of nitrogens with one attached hydrogen (secondary N) is 1. The van der Waals surface area contributed by atoms with Crippen molar-refractivity contribution in [1.82, 2.24) is 4.90 Å². The van der Waals surface area contributed by atoms with Gasteiger partial charge in [-0.25, -0.2) is 4.79 Å². The van der Waals surface area contributed by atoms with Gasteiger partial charge in [-0.15, -0.1) is 0 Å². The van der Waals surface area contributed by atoms with E-state index in [1.807, 2.05) is 12.1 Å². The minimum Gasteiger partial charge on any atom is -0.497 e. The second-order valence-corrected chi connectivity index (χ2v) is 5.21. The highest BCUT2D eigenvalue weighted by molar-refractivity contribution is 5.89. The number of ether oxygens (including phenoxy) is 1. The molecule has 2 aromatic rings. The molecule has 0 unspecified atom stereocenters. The summed E-state index contributed by atoms with van der Waals surface area (Å²) in [5, 5.41) is 2.46. The maximum absolute atomic E-state index is 12.7. The van der Waals surface area contributed by atoms with Gasteiger partial charge >= 0.3 is 12.2 Å². The second-order valence-electron chi connectivity index (χ2n) is 5.21. The van der Waals surface area contributed by atoms with Crippen molar-refractivity contribution in [3.05, 3.63) is 59.7 Å². The molecule has 2 rings (SSSR count). The lowest BCUT2D eigenvalue weighted by molar-refractivity contribution is -0.137. The number of benzene rings is 2. The van der Waals surface area contributed by atoms with E-state index in [0.29, 0.717) is 12.3 Å². The molecule has 0 spiro atoms. The maximum Gasteiger partial charge on any atom is 0.416 e. The van der Waals surface area contributed by atoms with Gasteiger partial charge in [0.2, 0.25) is 0 Å². The Balaban J connectivity index is 2.00. The summed E-state index contributed by atoms with van der Waals surface area (Å²) in [5.74, 6) is 0.704. The van der Waals surface area contributed by atoms with Crippen molar-refractivity contribution >= 4 is 11.7 Å². The molecule has 128 valence electrons. The lowest BCUT2D eigenvalue weighted by Crippen LogP contribution is -2.30. The third-order valence-electron chi connectivity index (χ3n) is 3.37. The number of hydrogen-bond donors (Lipinski definition) is 1. The molecule has 0 aliphatic rings. The average molecular weight is 338 g/mol. The lowest BCUT2D eigenvalue weighted by atomic mass is 10.2. The molecule has 0 atom stereocenters. The van der Waals surface area contributed by atoms with Gasteiger partial charge in [-0.3, -0.25) is 0 Å². The van der Waals surface area contributed by atoms with Gasteiger partial charge in [0.25, 0.3) is 0 Å². The largest absolute Gasteiger partial charge is 0.497 e. The number of methoxy groups -OCH3 is 1. The highest BCUT2D eigenvalue weighted by atomic mass is 19.4. The molecule has 0 saturated carbocycles. The van der Waals surface area contributed by atoms with Crippen LogP contribution in [0.25, 0.3) is 0 Å². The molecule has 1 N–H and O–H groups in total. The molecular weight excluding hydrogens is 321 g/mol. The van der Waals surface area contributed by atoms with Gasteiger partial charge in [0.15, 0.2) is 0 Å². The fraction of sp³-hybridized carbons (Fsp3) is 0.235. The Labute approximate surface area is 137 Å². The van der Waals surface area contributed by atoms with Gasteiger partial charge in [0.1, 0.15) is 5.75 Å². The number of alkyl halides is 3. The molecule has 7 heteroatoms. The zero-order valence-electron chi connectivity index (χ0n) is 13.2. The molecule has 2 aromatic carbocycles. The molecule has 0 heterocycles. The molecule has 0 aliphatic carbocycles. The fourth-order valence-corrected chi connectivity index (χ4v) is 2.07. The number of nitrogens with zero attached hydrogens (tertiary/aromatic N) is 1. The van der Waals surface area contributed by atoms with Crippen LogP contribution in [0.3, 0.4) is 0 Å². The summed E-state index contributed by atoms with van der Waals surface area (Å²) in [4.78, 5) is 13.5. The lowest BCUT2D eigenvalue weighted by Gasteiger charge is -2.18. The van der Waals surface area contributed by atoms with E-state index in [1.165, 1.54) is 17.0 Å². The van der Waals surface area contributed by atoms with Gasteiger partial charge in [-0.05, 0) is 35.9 Å². The third-order valence-corrected chi connectivity index (χ3v) is 3.37. The quantitative estimate of drug-likeness (QED) is 0.899. The fourth-order valence-electron chi connectivity index (χ4n) is 2.07. The maximum atomic E-state index is 12.7. The Kier molecular flexibility index (Phi) is 5.33. The van der Waals surface area contributed by atoms with Crippen LogP contribution in [0.1, 0.15) is 11.1 Å². The standard InChI is InChI=1S/C17H17F3N2O2/c1-22(11-12-6-8-15(24-2)9-7-12)16(23)21-14-5-3-4-13(10-14)17(18,19)20/h3-10H,11H2,1-2H3,(H,21,23). The van der Waals surface area contributed by atoms with E-state index >= 15 is 0 Å². The van der Waals surface area contributed by atoms with Gasteiger partial charge in [-0.2, -0.15) is 13.2 Å². The van der Waals surface area contributed by atoms with Crippen LogP contribution in [0, 0.1) is 0 Å². The first-order chi connectivity index (χ1) is 11.3. The summed E-state index contributed by atoms with van der Waals surface area (Å²) in [7, 11) is 3.12. The van der Waals surface area contributed by atoms with Crippen LogP contribution in [-0.4, -0.2) is 25.1 Å². The minimum atomic E-state index is -4.45. The van der Waals surface area contributed by atoms with Crippen molar-refractivity contribution in [1.29, 1.82) is 0 Å². The van der Waals surface area contributed by atoms with Crippen molar-refractivity contribution in [3.8, 4) is 5.75 Å². The Morgan fingerprint density at radius 2 is 1.83 bits per heavy atom. The Bertz CT molecular complexity index is 700. The smallest absolute Gasteiger partial charge is 0.416 e. The highest BCUT2D eigenvalue weighted by Gasteiger charge is 2.30. The summed E-state index contributed by atoms with van der Waals surface area (Å²) in [6.07, 6.45) is -4.45. The van der Waals surface area contributed by atoms with E-state index in [0.717, 1.165) is 17.7 Å². The third kappa shape index (κ3) is 4.65. The zero-order chi connectivity index (χ0) is 17.7. The van der Waals surface area contributed by atoms with Crippen molar-refractivity contribution in [3.63, 3.8) is 0 Å². The van der Waals surface area contributed by atoms with E-state index in [1.54, 1.807) is 26.3 Å². The summed E-state index contributed by atoms with van der Waals surface area (Å²) in [5.41, 5.74) is 0.159. The van der Waals surface area contributed by atoms with Gasteiger partial charge in [0.05, 0.1) is 12.7 Å². The Morgan fingerprint density at radius 3 is 2.42 bits per heavy atom. The van der Waals surface area contributed by atoms with Crippen molar-refractivity contribution in [2.45, 2.75) is 12.7 Å². The molecular formula is C17H17F3N2O2. The number of rotatable bonds is 4. The monoisotopic (exact) mass is 338 g/mol. The predicted molar refractivity (Wildman–Crippen MR) is 84.9 cm³/mol. The zero-order valence-corrected chi connectivity index (χ0v) is 13.2. The molecule has 0 aliphatic heterocycles. The number of urea groups is 1. The number of carbonyl (C=O) groups excluding carboxylic acids is 1. The Morgan fingerprint density at radius 1 is 1.17 bits per heavy atom. The van der Waals surface area contributed by atoms with Crippen LogP contribution < -0.4 is 10.1 Å². The van der Waals surface area contributed by atoms with Crippen molar-refractivity contribution in [2.75, 3.05) is 19.5 Å². The van der Waals surface area contributed by atoms with Crippen LogP contribution in [0.4, 0.5) is 23.7 Å². The highest BCUT2D eigenvalue weighted by Crippen LogP contribution is 2.30. The van der Waals surface area contributed by atoms with Gasteiger partial charge < -0.3 is 15.0 Å². The molecule has 0 saturated heterocycles. The first-order valence-corrected chi connectivity index (χ1v) is 7.12. The number of carbonyl (C=O) groups is 1. The molecule has 0 aromatic heterocycles. The summed E-state index contributed by atoms with van der Waals surface area (Å²) >= 11 is 0. The van der Waals surface area contributed by atoms with Crippen molar-refractivity contribution in [2.24, 2.45) is 0 Å². The SMILES string of the molecule is COc1ccc(CN(C)C(=O)Nc2cccc(C(F)(F)F)c2)cc1. The van der Waals surface area contributed by atoms with E-state index < -0.39 is 17.8 Å². The molecule has 0 radical (unpaired) electrons. The second kappa shape index (κ2) is 7.25. The minimum absolute atomic E-state index is 0.0939. The molecule has 0 bridgehead atoms. The van der Waals surface area contributed by atoms with E-state index in [2.05, 4.69) is 5.32 Å². The van der Waals surface area contributed by atoms with Crippen molar-refractivity contribution < 1.29 is 22.7 Å². The predicted octanol–water partition coefficient (Wildman–Crippen LogP) is 4.38. The molecule has 0 fully saturated rings. The Hall–Kier alpha value is -2.70.